The maximum atomic E-state index is 12.3. The van der Waals surface area contributed by atoms with Gasteiger partial charge in [0.1, 0.15) is 9.96 Å². The first-order chi connectivity index (χ1) is 10.4. The van der Waals surface area contributed by atoms with Crippen molar-refractivity contribution in [2.24, 2.45) is 5.73 Å². The molecule has 118 valence electrons. The number of primary amides is 1. The van der Waals surface area contributed by atoms with E-state index in [1.165, 1.54) is 6.07 Å². The van der Waals surface area contributed by atoms with Gasteiger partial charge < -0.3 is 10.5 Å². The van der Waals surface area contributed by atoms with Crippen LogP contribution in [-0.4, -0.2) is 20.9 Å². The zero-order valence-electron chi connectivity index (χ0n) is 11.3. The Balaban J connectivity index is 2.17. The number of nitrogens with two attached hydrogens (primary N) is 1. The number of benzene rings is 1. The topological polar surface area (TPSA) is 98.5 Å². The molecule has 22 heavy (non-hydrogen) atoms. The second kappa shape index (κ2) is 7.12. The number of carbonyl (C=O) groups excluding carboxylic acids is 1. The van der Waals surface area contributed by atoms with Crippen LogP contribution in [0.2, 0.25) is 0 Å². The van der Waals surface area contributed by atoms with Gasteiger partial charge in [-0.15, -0.1) is 11.3 Å². The molecule has 0 bridgehead atoms. The Morgan fingerprint density at radius 2 is 2.00 bits per heavy atom. The van der Waals surface area contributed by atoms with Crippen molar-refractivity contribution >= 4 is 48.9 Å². The molecule has 2 aromatic rings. The number of halogens is 1. The van der Waals surface area contributed by atoms with Crippen molar-refractivity contribution in [3.05, 3.63) is 40.2 Å². The Morgan fingerprint density at radius 3 is 2.64 bits per heavy atom. The van der Waals surface area contributed by atoms with Crippen molar-refractivity contribution in [2.45, 2.75) is 10.6 Å². The van der Waals surface area contributed by atoms with Gasteiger partial charge in [0.25, 0.3) is 10.0 Å². The molecule has 0 fully saturated rings. The molecule has 1 aromatic carbocycles. The maximum absolute atomic E-state index is 12.3. The monoisotopic (exact) mass is 404 g/mol. The second-order valence-electron chi connectivity index (χ2n) is 4.22. The number of amides is 1. The van der Waals surface area contributed by atoms with Gasteiger partial charge >= 0.3 is 0 Å². The molecular formula is C13H13BrN2O4S2. The highest BCUT2D eigenvalue weighted by Crippen LogP contribution is 2.30. The lowest BCUT2D eigenvalue weighted by Gasteiger charge is -2.12. The van der Waals surface area contributed by atoms with Crippen LogP contribution in [0.5, 0.6) is 5.75 Å². The third-order valence-corrected chi connectivity index (χ3v) is 6.03. The van der Waals surface area contributed by atoms with Crippen molar-refractivity contribution in [3.8, 4) is 5.75 Å². The number of thiophene rings is 1. The molecule has 0 spiro atoms. The summed E-state index contributed by atoms with van der Waals surface area (Å²) in [6, 6.07) is 9.76. The smallest absolute Gasteiger partial charge is 0.271 e. The van der Waals surface area contributed by atoms with Gasteiger partial charge in [-0.1, -0.05) is 12.1 Å². The van der Waals surface area contributed by atoms with Crippen LogP contribution in [0, 0.1) is 0 Å². The van der Waals surface area contributed by atoms with Crippen molar-refractivity contribution in [3.63, 3.8) is 0 Å². The van der Waals surface area contributed by atoms with Crippen LogP contribution >= 0.6 is 27.3 Å². The Labute approximate surface area is 140 Å². The lowest BCUT2D eigenvalue weighted by atomic mass is 10.3. The van der Waals surface area contributed by atoms with Gasteiger partial charge in [0.15, 0.2) is 0 Å². The molecule has 0 aliphatic heterocycles. The molecule has 0 saturated heterocycles. The normalized spacial score (nSPS) is 11.1. The highest BCUT2D eigenvalue weighted by molar-refractivity contribution is 9.11. The molecule has 3 N–H and O–H groups in total. The molecule has 1 aromatic heterocycles. The number of nitrogens with one attached hydrogen (secondary N) is 1. The zero-order valence-corrected chi connectivity index (χ0v) is 14.5. The summed E-state index contributed by atoms with van der Waals surface area (Å²) in [5, 5.41) is 0. The number of ether oxygens (including phenoxy) is 1. The summed E-state index contributed by atoms with van der Waals surface area (Å²) in [6.07, 6.45) is 0.0545. The molecule has 0 unspecified atom stereocenters. The van der Waals surface area contributed by atoms with Crippen LogP contribution in [0.1, 0.15) is 6.42 Å². The minimum Gasteiger partial charge on any atom is -0.491 e. The summed E-state index contributed by atoms with van der Waals surface area (Å²) < 4.78 is 33.4. The molecule has 2 rings (SSSR count). The first-order valence-corrected chi connectivity index (χ1v) is 9.26. The number of sulfonamides is 1. The fraction of sp³-hybridized carbons (Fsp3) is 0.154. The van der Waals surface area contributed by atoms with Gasteiger partial charge in [-0.2, -0.15) is 0 Å². The summed E-state index contributed by atoms with van der Waals surface area (Å²) in [5.41, 5.74) is 5.34. The predicted octanol–water partition coefficient (Wildman–Crippen LogP) is 2.57. The number of hydrogen-bond donors (Lipinski definition) is 2. The molecule has 6 nitrogen and oxygen atoms in total. The molecule has 0 aliphatic rings. The third-order valence-electron chi connectivity index (χ3n) is 2.55. The SMILES string of the molecule is NC(=O)CCOc1ccccc1NS(=O)(=O)c1ccc(Br)s1. The van der Waals surface area contributed by atoms with Crippen LogP contribution in [-0.2, 0) is 14.8 Å². The highest BCUT2D eigenvalue weighted by Gasteiger charge is 2.18. The van der Waals surface area contributed by atoms with E-state index in [1.54, 1.807) is 30.3 Å². The van der Waals surface area contributed by atoms with Crippen LogP contribution in [0.25, 0.3) is 0 Å². The number of anilines is 1. The Hall–Kier alpha value is -1.58. The minimum atomic E-state index is -3.69. The van der Waals surface area contributed by atoms with Crippen LogP contribution in [0.15, 0.2) is 44.4 Å². The summed E-state index contributed by atoms with van der Waals surface area (Å²) in [6.45, 7) is 0.0820. The van der Waals surface area contributed by atoms with Crippen LogP contribution < -0.4 is 15.2 Å². The summed E-state index contributed by atoms with van der Waals surface area (Å²) in [7, 11) is -3.69. The quantitative estimate of drug-likeness (QED) is 0.740. The number of carbonyl (C=O) groups is 1. The number of hydrogen-bond acceptors (Lipinski definition) is 5. The van der Waals surface area contributed by atoms with Gasteiger partial charge in [0.2, 0.25) is 5.91 Å². The summed E-state index contributed by atoms with van der Waals surface area (Å²) in [4.78, 5) is 10.7. The Bertz CT molecular complexity index is 774. The summed E-state index contributed by atoms with van der Waals surface area (Å²) >= 11 is 4.34. The van der Waals surface area contributed by atoms with Crippen molar-refractivity contribution < 1.29 is 17.9 Å². The predicted molar refractivity (Wildman–Crippen MR) is 88.6 cm³/mol. The lowest BCUT2D eigenvalue weighted by molar-refractivity contribution is -0.118. The number of para-hydroxylation sites is 2. The van der Waals surface area contributed by atoms with Gasteiger partial charge in [-0.05, 0) is 40.2 Å². The van der Waals surface area contributed by atoms with E-state index in [-0.39, 0.29) is 17.2 Å². The van der Waals surface area contributed by atoms with E-state index >= 15 is 0 Å². The van der Waals surface area contributed by atoms with Crippen LogP contribution in [0.4, 0.5) is 5.69 Å². The van der Waals surface area contributed by atoms with E-state index in [0.717, 1.165) is 15.1 Å². The maximum Gasteiger partial charge on any atom is 0.271 e. The van der Waals surface area contributed by atoms with Crippen LogP contribution in [0.3, 0.4) is 0 Å². The van der Waals surface area contributed by atoms with Gasteiger partial charge in [0, 0.05) is 0 Å². The lowest BCUT2D eigenvalue weighted by Crippen LogP contribution is -2.16. The first-order valence-electron chi connectivity index (χ1n) is 6.17. The van der Waals surface area contributed by atoms with Gasteiger partial charge in [-0.25, -0.2) is 8.42 Å². The third kappa shape index (κ3) is 4.46. The largest absolute Gasteiger partial charge is 0.491 e. The minimum absolute atomic E-state index is 0.0545. The van der Waals surface area contributed by atoms with E-state index in [9.17, 15) is 13.2 Å². The molecule has 0 atom stereocenters. The zero-order chi connectivity index (χ0) is 16.2. The van der Waals surface area contributed by atoms with E-state index < -0.39 is 15.9 Å². The van der Waals surface area contributed by atoms with E-state index in [2.05, 4.69) is 20.7 Å². The first kappa shape index (κ1) is 16.8. The standard InChI is InChI=1S/C13H13BrN2O4S2/c14-11-5-6-13(21-11)22(18,19)16-9-3-1-2-4-10(9)20-8-7-12(15)17/h1-6,16H,7-8H2,(H2,15,17). The van der Waals surface area contributed by atoms with E-state index in [0.29, 0.717) is 11.4 Å². The molecule has 0 saturated carbocycles. The molecular weight excluding hydrogens is 392 g/mol. The van der Waals surface area contributed by atoms with Crippen molar-refractivity contribution in [1.82, 2.24) is 0 Å². The molecule has 9 heteroatoms. The average Bonchev–Trinajstić information content (AvgIpc) is 2.87. The Morgan fingerprint density at radius 1 is 1.27 bits per heavy atom. The molecule has 1 amide bonds. The molecule has 0 radical (unpaired) electrons. The van der Waals surface area contributed by atoms with Gasteiger partial charge in [0.05, 0.1) is 22.5 Å². The van der Waals surface area contributed by atoms with E-state index in [1.807, 2.05) is 0 Å². The second-order valence-corrected chi connectivity index (χ2v) is 8.60. The molecule has 1 heterocycles. The number of rotatable bonds is 7. The van der Waals surface area contributed by atoms with Crippen molar-refractivity contribution in [2.75, 3.05) is 11.3 Å². The highest BCUT2D eigenvalue weighted by atomic mass is 79.9. The molecule has 0 aliphatic carbocycles. The van der Waals surface area contributed by atoms with E-state index in [4.69, 9.17) is 10.5 Å². The Kier molecular flexibility index (Phi) is 5.43. The summed E-state index contributed by atoms with van der Waals surface area (Å²) in [5.74, 6) is -0.149. The fourth-order valence-corrected chi connectivity index (χ4v) is 4.66. The fourth-order valence-electron chi connectivity index (χ4n) is 1.58. The average molecular weight is 405 g/mol. The van der Waals surface area contributed by atoms with Gasteiger partial charge in [-0.3, -0.25) is 9.52 Å². The van der Waals surface area contributed by atoms with Crippen molar-refractivity contribution in [1.29, 1.82) is 0 Å².